The molecule has 1 unspecified atom stereocenters. The summed E-state index contributed by atoms with van der Waals surface area (Å²) in [6.07, 6.45) is 2.38. The van der Waals surface area contributed by atoms with E-state index < -0.39 is 35.9 Å². The molecule has 1 aromatic carbocycles. The molecule has 2 aromatic heterocycles. The van der Waals surface area contributed by atoms with Gasteiger partial charge in [-0.2, -0.15) is 10.1 Å². The fourth-order valence-corrected chi connectivity index (χ4v) is 3.37. The summed E-state index contributed by atoms with van der Waals surface area (Å²) in [5.41, 5.74) is 1.77. The van der Waals surface area contributed by atoms with Gasteiger partial charge in [0.25, 0.3) is 0 Å². The molecule has 3 N–H and O–H groups in total. The van der Waals surface area contributed by atoms with E-state index in [1.165, 1.54) is 13.0 Å². The lowest BCUT2D eigenvalue weighted by Gasteiger charge is -2.23. The Hall–Kier alpha value is -3.60. The molecule has 3 aromatic rings. The molecular weight excluding hydrogens is 410 g/mol. The van der Waals surface area contributed by atoms with Gasteiger partial charge in [0.15, 0.2) is 11.6 Å². The van der Waals surface area contributed by atoms with Gasteiger partial charge in [0.05, 0.1) is 24.5 Å². The molecular formula is C20H20F2N6O3. The van der Waals surface area contributed by atoms with Crippen molar-refractivity contribution in [2.45, 2.75) is 32.0 Å². The van der Waals surface area contributed by atoms with E-state index in [1.54, 1.807) is 31.5 Å². The highest BCUT2D eigenvalue weighted by Gasteiger charge is 2.39. The van der Waals surface area contributed by atoms with Crippen LogP contribution in [-0.2, 0) is 4.74 Å². The SMILES string of the molecule is C[C@H](Nc1ncc(F)c(N2C(=O)OCC2[C@@H](C)O)n1)c1ccc(-c2cn[nH]c2)cc1F. The minimum Gasteiger partial charge on any atom is -0.447 e. The monoisotopic (exact) mass is 430 g/mol. The number of aliphatic hydroxyl groups excluding tert-OH is 1. The largest absolute Gasteiger partial charge is 0.447 e. The van der Waals surface area contributed by atoms with Gasteiger partial charge in [-0.25, -0.2) is 23.5 Å². The number of H-pyrrole nitrogens is 1. The summed E-state index contributed by atoms with van der Waals surface area (Å²) in [6.45, 7) is 3.08. The molecule has 3 heterocycles. The number of carbonyl (C=O) groups is 1. The number of nitrogens with zero attached hydrogens (tertiary/aromatic N) is 4. The quantitative estimate of drug-likeness (QED) is 0.550. The van der Waals surface area contributed by atoms with Crippen LogP contribution in [0.4, 0.5) is 25.3 Å². The van der Waals surface area contributed by atoms with Gasteiger partial charge in [-0.1, -0.05) is 12.1 Å². The molecule has 1 saturated heterocycles. The minimum absolute atomic E-state index is 0.00810. The van der Waals surface area contributed by atoms with Crippen LogP contribution in [0.5, 0.6) is 0 Å². The van der Waals surface area contributed by atoms with E-state index in [-0.39, 0.29) is 18.4 Å². The molecule has 0 saturated carbocycles. The summed E-state index contributed by atoms with van der Waals surface area (Å²) in [6, 6.07) is 3.43. The number of amides is 1. The number of benzene rings is 1. The number of halogens is 2. The summed E-state index contributed by atoms with van der Waals surface area (Å²) in [5.74, 6) is -1.63. The molecule has 11 heteroatoms. The number of aromatic amines is 1. The Morgan fingerprint density at radius 3 is 2.74 bits per heavy atom. The van der Waals surface area contributed by atoms with Crippen molar-refractivity contribution in [1.82, 2.24) is 20.2 Å². The standard InChI is InChI=1S/C20H20F2N6O3/c1-10(14-4-3-12(5-15(14)21)13-6-24-25-7-13)26-19-23-8-16(22)18(27-19)28-17(11(2)29)9-31-20(28)30/h3-8,10-11,17,29H,9H2,1-2H3,(H,24,25)(H,23,26,27)/t10-,11+,17?/m0/s1. The first-order valence-electron chi connectivity index (χ1n) is 9.57. The number of ether oxygens (including phenoxy) is 1. The smallest absolute Gasteiger partial charge is 0.416 e. The molecule has 0 spiro atoms. The lowest BCUT2D eigenvalue weighted by molar-refractivity contribution is 0.142. The van der Waals surface area contributed by atoms with Gasteiger partial charge < -0.3 is 15.2 Å². The Kier molecular flexibility index (Phi) is 5.51. The summed E-state index contributed by atoms with van der Waals surface area (Å²) in [5, 5.41) is 19.3. The summed E-state index contributed by atoms with van der Waals surface area (Å²) >= 11 is 0. The number of hydrogen-bond donors (Lipinski definition) is 3. The minimum atomic E-state index is -0.959. The molecule has 0 radical (unpaired) electrons. The van der Waals surface area contributed by atoms with Crippen LogP contribution in [0, 0.1) is 11.6 Å². The average molecular weight is 430 g/mol. The van der Waals surface area contributed by atoms with Gasteiger partial charge in [-0.15, -0.1) is 0 Å². The number of cyclic esters (lactones) is 1. The van der Waals surface area contributed by atoms with Crippen LogP contribution in [-0.4, -0.2) is 50.1 Å². The average Bonchev–Trinajstić information content (AvgIpc) is 3.39. The maximum absolute atomic E-state index is 14.7. The van der Waals surface area contributed by atoms with Crippen LogP contribution in [0.3, 0.4) is 0 Å². The zero-order valence-corrected chi connectivity index (χ0v) is 16.7. The Morgan fingerprint density at radius 2 is 2.06 bits per heavy atom. The predicted molar refractivity (Wildman–Crippen MR) is 107 cm³/mol. The first-order valence-corrected chi connectivity index (χ1v) is 9.57. The van der Waals surface area contributed by atoms with Crippen molar-refractivity contribution in [1.29, 1.82) is 0 Å². The Labute approximate surface area is 176 Å². The lowest BCUT2D eigenvalue weighted by atomic mass is 10.0. The van der Waals surface area contributed by atoms with Gasteiger partial charge in [0.1, 0.15) is 18.5 Å². The molecule has 31 heavy (non-hydrogen) atoms. The summed E-state index contributed by atoms with van der Waals surface area (Å²) in [7, 11) is 0. The summed E-state index contributed by atoms with van der Waals surface area (Å²) in [4.78, 5) is 21.0. The first-order chi connectivity index (χ1) is 14.8. The molecule has 4 rings (SSSR count). The lowest BCUT2D eigenvalue weighted by Crippen LogP contribution is -2.42. The van der Waals surface area contributed by atoms with Crippen molar-refractivity contribution in [2.24, 2.45) is 0 Å². The highest BCUT2D eigenvalue weighted by atomic mass is 19.1. The number of anilines is 2. The first kappa shape index (κ1) is 20.7. The molecule has 1 aliphatic heterocycles. The van der Waals surface area contributed by atoms with E-state index >= 15 is 0 Å². The fourth-order valence-electron chi connectivity index (χ4n) is 3.37. The van der Waals surface area contributed by atoms with Gasteiger partial charge in [0, 0.05) is 17.3 Å². The van der Waals surface area contributed by atoms with Crippen molar-refractivity contribution in [3.05, 3.63) is 54.0 Å². The van der Waals surface area contributed by atoms with Crippen molar-refractivity contribution in [2.75, 3.05) is 16.8 Å². The molecule has 1 amide bonds. The Morgan fingerprint density at radius 1 is 1.26 bits per heavy atom. The number of carbonyl (C=O) groups excluding carboxylic acids is 1. The summed E-state index contributed by atoms with van der Waals surface area (Å²) < 4.78 is 34.0. The molecule has 9 nitrogen and oxygen atoms in total. The van der Waals surface area contributed by atoms with Crippen LogP contribution in [0.1, 0.15) is 25.5 Å². The van der Waals surface area contributed by atoms with Crippen molar-refractivity contribution >= 4 is 17.9 Å². The van der Waals surface area contributed by atoms with Crippen molar-refractivity contribution < 1.29 is 23.4 Å². The second-order valence-electron chi connectivity index (χ2n) is 7.21. The molecule has 1 fully saturated rings. The maximum atomic E-state index is 14.7. The number of nitrogens with one attached hydrogen (secondary N) is 2. The van der Waals surface area contributed by atoms with Crippen LogP contribution in [0.2, 0.25) is 0 Å². The molecule has 1 aliphatic rings. The van der Waals surface area contributed by atoms with Gasteiger partial charge >= 0.3 is 6.09 Å². The van der Waals surface area contributed by atoms with E-state index in [9.17, 15) is 18.7 Å². The zero-order chi connectivity index (χ0) is 22.1. The fraction of sp³-hybridized carbons (Fsp3) is 0.300. The number of rotatable bonds is 6. The van der Waals surface area contributed by atoms with Crippen LogP contribution >= 0.6 is 0 Å². The van der Waals surface area contributed by atoms with E-state index in [0.29, 0.717) is 11.1 Å². The van der Waals surface area contributed by atoms with E-state index in [2.05, 4.69) is 25.5 Å². The van der Waals surface area contributed by atoms with E-state index in [4.69, 9.17) is 4.74 Å². The van der Waals surface area contributed by atoms with E-state index in [0.717, 1.165) is 16.7 Å². The van der Waals surface area contributed by atoms with Gasteiger partial charge in [-0.3, -0.25) is 5.10 Å². The van der Waals surface area contributed by atoms with Gasteiger partial charge in [0.2, 0.25) is 5.95 Å². The normalized spacial score (nSPS) is 18.0. The topological polar surface area (TPSA) is 116 Å². The third-order valence-electron chi connectivity index (χ3n) is 5.06. The maximum Gasteiger partial charge on any atom is 0.416 e. The highest BCUT2D eigenvalue weighted by molar-refractivity contribution is 5.89. The van der Waals surface area contributed by atoms with Crippen molar-refractivity contribution in [3.8, 4) is 11.1 Å². The number of aromatic nitrogens is 4. The highest BCUT2D eigenvalue weighted by Crippen LogP contribution is 2.29. The third-order valence-corrected chi connectivity index (χ3v) is 5.06. The van der Waals surface area contributed by atoms with Crippen LogP contribution in [0.25, 0.3) is 11.1 Å². The zero-order valence-electron chi connectivity index (χ0n) is 16.7. The molecule has 3 atom stereocenters. The second kappa shape index (κ2) is 8.26. The van der Waals surface area contributed by atoms with Crippen LogP contribution < -0.4 is 10.2 Å². The van der Waals surface area contributed by atoms with E-state index in [1.807, 2.05) is 0 Å². The third kappa shape index (κ3) is 4.04. The molecule has 0 bridgehead atoms. The molecule has 0 aliphatic carbocycles. The number of aliphatic hydroxyl groups is 1. The Balaban J connectivity index is 1.57. The van der Waals surface area contributed by atoms with Gasteiger partial charge in [-0.05, 0) is 25.5 Å². The van der Waals surface area contributed by atoms with Crippen molar-refractivity contribution in [3.63, 3.8) is 0 Å². The van der Waals surface area contributed by atoms with Crippen LogP contribution in [0.15, 0.2) is 36.8 Å². The second-order valence-corrected chi connectivity index (χ2v) is 7.21. The Bertz CT molecular complexity index is 1090. The predicted octanol–water partition coefficient (Wildman–Crippen LogP) is 3.02. The number of hydrogen-bond acceptors (Lipinski definition) is 7. The molecule has 162 valence electrons.